The Morgan fingerprint density at radius 3 is 1.53 bits per heavy atom. The van der Waals surface area contributed by atoms with Crippen LogP contribution in [0.3, 0.4) is 0 Å². The average Bonchev–Trinajstić information content (AvgIpc) is 2.93. The van der Waals surface area contributed by atoms with Crippen LogP contribution in [0.2, 0.25) is 0 Å². The van der Waals surface area contributed by atoms with Gasteiger partial charge in [-0.05, 0) is 22.9 Å². The fraction of sp³-hybridized carbons (Fsp3) is 0. The minimum absolute atomic E-state index is 0.0924. The van der Waals surface area contributed by atoms with E-state index in [4.69, 9.17) is 0 Å². The maximum atomic E-state index is 11.2. The molecule has 0 bridgehead atoms. The molecule has 1 heterocycles. The highest BCUT2D eigenvalue weighted by molar-refractivity contribution is 7.07. The van der Waals surface area contributed by atoms with Crippen LogP contribution in [0.1, 0.15) is 20.7 Å². The van der Waals surface area contributed by atoms with Crippen molar-refractivity contribution in [3.05, 3.63) is 70.4 Å². The van der Waals surface area contributed by atoms with Crippen LogP contribution < -0.4 is 0 Å². The Labute approximate surface area is 103 Å². The summed E-state index contributed by atoms with van der Waals surface area (Å²) in [5, 5.41) is 4.08. The standard InChI is InChI=1S/C10H6O2.C4H4S/c11-9-5-6-10(12)8-4-2-1-3-7(8)9;1-2-4-5-3-1/h1-6H;1-4H. The highest BCUT2D eigenvalue weighted by Gasteiger charge is 2.16. The van der Waals surface area contributed by atoms with Gasteiger partial charge >= 0.3 is 0 Å². The van der Waals surface area contributed by atoms with Crippen molar-refractivity contribution < 1.29 is 9.59 Å². The third-order valence-electron chi connectivity index (χ3n) is 2.27. The third kappa shape index (κ3) is 2.77. The van der Waals surface area contributed by atoms with Crippen molar-refractivity contribution in [2.24, 2.45) is 0 Å². The first-order valence-corrected chi connectivity index (χ1v) is 6.06. The van der Waals surface area contributed by atoms with Crippen LogP contribution in [-0.2, 0) is 0 Å². The molecule has 0 radical (unpaired) electrons. The van der Waals surface area contributed by atoms with E-state index >= 15 is 0 Å². The van der Waals surface area contributed by atoms with Gasteiger partial charge in [-0.25, -0.2) is 0 Å². The SMILES string of the molecule is O=C1C=CC(=O)c2ccccc21.c1ccsc1. The van der Waals surface area contributed by atoms with Gasteiger partial charge in [0.2, 0.25) is 0 Å². The van der Waals surface area contributed by atoms with Gasteiger partial charge in [0.15, 0.2) is 11.6 Å². The Bertz CT molecular complexity index is 499. The zero-order valence-electron chi connectivity index (χ0n) is 9.00. The highest BCUT2D eigenvalue weighted by atomic mass is 32.1. The number of fused-ring (bicyclic) bond motifs is 1. The van der Waals surface area contributed by atoms with Crippen molar-refractivity contribution in [3.63, 3.8) is 0 Å². The molecule has 2 aromatic rings. The van der Waals surface area contributed by atoms with Crippen molar-refractivity contribution in [1.29, 1.82) is 0 Å². The van der Waals surface area contributed by atoms with E-state index in [0.29, 0.717) is 11.1 Å². The molecule has 1 aromatic heterocycles. The molecule has 84 valence electrons. The molecule has 1 aromatic carbocycles. The van der Waals surface area contributed by atoms with E-state index in [1.165, 1.54) is 12.2 Å². The van der Waals surface area contributed by atoms with Crippen LogP contribution in [0.15, 0.2) is 59.3 Å². The second kappa shape index (κ2) is 5.37. The molecule has 0 spiro atoms. The smallest absolute Gasteiger partial charge is 0.186 e. The maximum Gasteiger partial charge on any atom is 0.186 e. The number of carbonyl (C=O) groups is 2. The lowest BCUT2D eigenvalue weighted by Crippen LogP contribution is -2.10. The summed E-state index contributed by atoms with van der Waals surface area (Å²) in [6, 6.07) is 10.9. The summed E-state index contributed by atoms with van der Waals surface area (Å²) < 4.78 is 0. The normalized spacial score (nSPS) is 12.7. The highest BCUT2D eigenvalue weighted by Crippen LogP contribution is 2.15. The molecule has 0 atom stereocenters. The van der Waals surface area contributed by atoms with Crippen LogP contribution in [0.5, 0.6) is 0 Å². The molecule has 3 rings (SSSR count). The Morgan fingerprint density at radius 2 is 1.18 bits per heavy atom. The van der Waals surface area contributed by atoms with E-state index in [9.17, 15) is 9.59 Å². The molecule has 0 saturated heterocycles. The third-order valence-corrected chi connectivity index (χ3v) is 2.90. The summed E-state index contributed by atoms with van der Waals surface area (Å²) in [6.45, 7) is 0. The lowest BCUT2D eigenvalue weighted by Gasteiger charge is -2.06. The monoisotopic (exact) mass is 242 g/mol. The van der Waals surface area contributed by atoms with E-state index in [1.54, 1.807) is 35.6 Å². The molecule has 3 heteroatoms. The number of allylic oxidation sites excluding steroid dienone is 2. The van der Waals surface area contributed by atoms with Gasteiger partial charge in [0, 0.05) is 11.1 Å². The predicted molar refractivity (Wildman–Crippen MR) is 68.6 cm³/mol. The van der Waals surface area contributed by atoms with Crippen molar-refractivity contribution in [3.8, 4) is 0 Å². The second-order valence-corrected chi connectivity index (χ2v) is 4.22. The Kier molecular flexibility index (Phi) is 3.62. The number of thiophene rings is 1. The summed E-state index contributed by atoms with van der Waals surface area (Å²) in [5.41, 5.74) is 1.01. The quantitative estimate of drug-likeness (QED) is 0.709. The largest absolute Gasteiger partial charge is 0.289 e. The van der Waals surface area contributed by atoms with E-state index in [2.05, 4.69) is 0 Å². The first-order chi connectivity index (χ1) is 8.29. The molecule has 1 aliphatic rings. The molecule has 2 nitrogen and oxygen atoms in total. The van der Waals surface area contributed by atoms with Gasteiger partial charge in [-0.15, -0.1) is 0 Å². The first-order valence-electron chi connectivity index (χ1n) is 5.12. The lowest BCUT2D eigenvalue weighted by molar-refractivity contribution is 0.0994. The van der Waals surface area contributed by atoms with Crippen molar-refractivity contribution in [2.45, 2.75) is 0 Å². The zero-order valence-corrected chi connectivity index (χ0v) is 9.81. The van der Waals surface area contributed by atoms with Gasteiger partial charge in [-0.2, -0.15) is 11.3 Å². The van der Waals surface area contributed by atoms with Crippen molar-refractivity contribution in [2.75, 3.05) is 0 Å². The van der Waals surface area contributed by atoms with Crippen LogP contribution >= 0.6 is 11.3 Å². The Balaban J connectivity index is 0.000000181. The number of ketones is 2. The average molecular weight is 242 g/mol. The Hall–Kier alpha value is -2.00. The number of benzene rings is 1. The van der Waals surface area contributed by atoms with Crippen molar-refractivity contribution in [1.82, 2.24) is 0 Å². The number of hydrogen-bond acceptors (Lipinski definition) is 3. The molecule has 0 aliphatic heterocycles. The van der Waals surface area contributed by atoms with Gasteiger partial charge in [-0.1, -0.05) is 36.4 Å². The first kappa shape index (κ1) is 11.5. The van der Waals surface area contributed by atoms with Crippen LogP contribution in [-0.4, -0.2) is 11.6 Å². The second-order valence-electron chi connectivity index (χ2n) is 3.40. The molecule has 17 heavy (non-hydrogen) atoms. The van der Waals surface area contributed by atoms with Crippen LogP contribution in [0, 0.1) is 0 Å². The summed E-state index contributed by atoms with van der Waals surface area (Å²) in [7, 11) is 0. The molecule has 0 unspecified atom stereocenters. The maximum absolute atomic E-state index is 11.2. The molecule has 0 amide bonds. The van der Waals surface area contributed by atoms with Gasteiger partial charge in [0.05, 0.1) is 0 Å². The van der Waals surface area contributed by atoms with Gasteiger partial charge in [-0.3, -0.25) is 9.59 Å². The fourth-order valence-corrected chi connectivity index (χ4v) is 1.92. The fourth-order valence-electron chi connectivity index (χ4n) is 1.47. The van der Waals surface area contributed by atoms with Crippen LogP contribution in [0.4, 0.5) is 0 Å². The zero-order chi connectivity index (χ0) is 12.1. The van der Waals surface area contributed by atoms with E-state index < -0.39 is 0 Å². The number of hydrogen-bond donors (Lipinski definition) is 0. The molecule has 0 fully saturated rings. The van der Waals surface area contributed by atoms with E-state index in [1.807, 2.05) is 22.9 Å². The van der Waals surface area contributed by atoms with E-state index in [-0.39, 0.29) is 11.6 Å². The summed E-state index contributed by atoms with van der Waals surface area (Å²) in [4.78, 5) is 22.4. The van der Waals surface area contributed by atoms with Gasteiger partial charge < -0.3 is 0 Å². The summed E-state index contributed by atoms with van der Waals surface area (Å²) in [5.74, 6) is -0.185. The molecule has 0 N–H and O–H groups in total. The predicted octanol–water partition coefficient (Wildman–Crippen LogP) is 3.37. The van der Waals surface area contributed by atoms with Gasteiger partial charge in [0.25, 0.3) is 0 Å². The minimum Gasteiger partial charge on any atom is -0.289 e. The van der Waals surface area contributed by atoms with Crippen LogP contribution in [0.25, 0.3) is 0 Å². The number of carbonyl (C=O) groups excluding carboxylic acids is 2. The topological polar surface area (TPSA) is 34.1 Å². The Morgan fingerprint density at radius 1 is 0.706 bits per heavy atom. The van der Waals surface area contributed by atoms with Crippen molar-refractivity contribution >= 4 is 22.9 Å². The molecule has 0 saturated carbocycles. The lowest BCUT2D eigenvalue weighted by atomic mass is 9.95. The summed E-state index contributed by atoms with van der Waals surface area (Å²) in [6.07, 6.45) is 2.62. The summed E-state index contributed by atoms with van der Waals surface area (Å²) >= 11 is 1.71. The number of rotatable bonds is 0. The molecular formula is C14H10O2S. The van der Waals surface area contributed by atoms with E-state index in [0.717, 1.165) is 0 Å². The molecular weight excluding hydrogens is 232 g/mol. The van der Waals surface area contributed by atoms with Gasteiger partial charge in [0.1, 0.15) is 0 Å². The molecule has 1 aliphatic carbocycles. The minimum atomic E-state index is -0.0924.